The fraction of sp³-hybridized carbons (Fsp3) is 0.667. The van der Waals surface area contributed by atoms with E-state index in [1.54, 1.807) is 0 Å². The Labute approximate surface area is 99.6 Å². The van der Waals surface area contributed by atoms with Gasteiger partial charge in [0.2, 0.25) is 11.8 Å². The average molecular weight is 236 g/mol. The monoisotopic (exact) mass is 236 g/mol. The third kappa shape index (κ3) is 1.46. The Kier molecular flexibility index (Phi) is 2.52. The molecule has 3 rings (SSSR count). The van der Waals surface area contributed by atoms with Crippen LogP contribution in [0.1, 0.15) is 12.8 Å². The fourth-order valence-corrected chi connectivity index (χ4v) is 3.00. The molecule has 2 bridgehead atoms. The Balaban J connectivity index is 1.74. The van der Waals surface area contributed by atoms with Crippen molar-refractivity contribution in [3.05, 3.63) is 12.2 Å². The molecule has 5 nitrogen and oxygen atoms in total. The highest BCUT2D eigenvalue weighted by atomic mass is 16.5. The van der Waals surface area contributed by atoms with Crippen LogP contribution in [-0.4, -0.2) is 42.0 Å². The maximum Gasteiger partial charge on any atom is 0.236 e. The number of carbonyl (C=O) groups excluding carboxylic acids is 2. The molecular formula is C12H16N2O3. The standard InChI is InChI=1S/C12H16N2O3/c13-5-1-2-6-14-11(15)9-7-3-4-8(17-7)10(9)12(14)16/h3-4,7-10H,1-2,5-6,13H2/t7-,8-,9-,10+/m0/s1. The van der Waals surface area contributed by atoms with E-state index in [-0.39, 0.29) is 35.9 Å². The van der Waals surface area contributed by atoms with Crippen LogP contribution < -0.4 is 5.73 Å². The van der Waals surface area contributed by atoms with Crippen molar-refractivity contribution in [1.82, 2.24) is 4.90 Å². The molecule has 4 atom stereocenters. The second kappa shape index (κ2) is 3.92. The van der Waals surface area contributed by atoms with Crippen LogP contribution in [0.2, 0.25) is 0 Å². The molecular weight excluding hydrogens is 220 g/mol. The van der Waals surface area contributed by atoms with Crippen molar-refractivity contribution in [2.45, 2.75) is 25.0 Å². The van der Waals surface area contributed by atoms with Crippen LogP contribution in [0.15, 0.2) is 12.2 Å². The van der Waals surface area contributed by atoms with Gasteiger partial charge in [-0.1, -0.05) is 12.2 Å². The number of likely N-dealkylation sites (tertiary alicyclic amines) is 1. The Morgan fingerprint density at radius 3 is 2.24 bits per heavy atom. The molecule has 2 amide bonds. The molecule has 3 aliphatic heterocycles. The molecule has 3 heterocycles. The van der Waals surface area contributed by atoms with E-state index in [9.17, 15) is 9.59 Å². The second-order valence-corrected chi connectivity index (χ2v) is 4.83. The lowest BCUT2D eigenvalue weighted by atomic mass is 9.85. The van der Waals surface area contributed by atoms with E-state index < -0.39 is 0 Å². The Hall–Kier alpha value is -1.20. The van der Waals surface area contributed by atoms with Crippen LogP contribution in [0.4, 0.5) is 0 Å². The summed E-state index contributed by atoms with van der Waals surface area (Å²) in [5.74, 6) is -0.659. The number of fused-ring (bicyclic) bond motifs is 5. The van der Waals surface area contributed by atoms with Crippen molar-refractivity contribution < 1.29 is 14.3 Å². The molecule has 5 heteroatoms. The minimum atomic E-state index is -0.268. The van der Waals surface area contributed by atoms with E-state index in [2.05, 4.69) is 0 Å². The zero-order valence-corrected chi connectivity index (χ0v) is 9.54. The van der Waals surface area contributed by atoms with E-state index in [4.69, 9.17) is 10.5 Å². The van der Waals surface area contributed by atoms with E-state index in [0.29, 0.717) is 13.1 Å². The van der Waals surface area contributed by atoms with Gasteiger partial charge >= 0.3 is 0 Å². The van der Waals surface area contributed by atoms with E-state index >= 15 is 0 Å². The van der Waals surface area contributed by atoms with E-state index in [0.717, 1.165) is 12.8 Å². The summed E-state index contributed by atoms with van der Waals surface area (Å²) >= 11 is 0. The van der Waals surface area contributed by atoms with Crippen LogP contribution in [0.3, 0.4) is 0 Å². The molecule has 2 fully saturated rings. The lowest BCUT2D eigenvalue weighted by Crippen LogP contribution is -2.35. The molecule has 0 aromatic heterocycles. The summed E-state index contributed by atoms with van der Waals surface area (Å²) < 4.78 is 5.55. The lowest BCUT2D eigenvalue weighted by molar-refractivity contribution is -0.142. The maximum absolute atomic E-state index is 12.1. The van der Waals surface area contributed by atoms with Gasteiger partial charge in [0.1, 0.15) is 0 Å². The summed E-state index contributed by atoms with van der Waals surface area (Å²) in [7, 11) is 0. The average Bonchev–Trinajstić information content (AvgIpc) is 2.97. The summed E-state index contributed by atoms with van der Waals surface area (Å²) in [5, 5.41) is 0. The molecule has 2 saturated heterocycles. The molecule has 17 heavy (non-hydrogen) atoms. The minimum absolute atomic E-state index is 0.0612. The SMILES string of the molecule is NCCCCN1C(=O)[C@@H]2[C@H](C1=O)[C@@H]1C=C[C@@H]2O1. The quantitative estimate of drug-likeness (QED) is 0.412. The summed E-state index contributed by atoms with van der Waals surface area (Å²) in [5.41, 5.74) is 5.41. The van der Waals surface area contributed by atoms with Crippen LogP contribution in [0.5, 0.6) is 0 Å². The highest BCUT2D eigenvalue weighted by molar-refractivity contribution is 6.06. The number of carbonyl (C=O) groups is 2. The maximum atomic E-state index is 12.1. The van der Waals surface area contributed by atoms with Gasteiger partial charge in [0.05, 0.1) is 24.0 Å². The highest BCUT2D eigenvalue weighted by Crippen LogP contribution is 2.44. The number of rotatable bonds is 4. The first-order valence-electron chi connectivity index (χ1n) is 6.13. The predicted octanol–water partition coefficient (Wildman–Crippen LogP) is -0.336. The second-order valence-electron chi connectivity index (χ2n) is 4.83. The molecule has 2 N–H and O–H groups in total. The third-order valence-corrected chi connectivity index (χ3v) is 3.84. The zero-order valence-electron chi connectivity index (χ0n) is 9.54. The van der Waals surface area contributed by atoms with Gasteiger partial charge in [0, 0.05) is 6.54 Å². The van der Waals surface area contributed by atoms with E-state index in [1.165, 1.54) is 4.90 Å². The third-order valence-electron chi connectivity index (χ3n) is 3.84. The number of nitrogens with zero attached hydrogens (tertiary/aromatic N) is 1. The van der Waals surface area contributed by atoms with Gasteiger partial charge in [0.15, 0.2) is 0 Å². The summed E-state index contributed by atoms with van der Waals surface area (Å²) in [6.45, 7) is 1.10. The van der Waals surface area contributed by atoms with Gasteiger partial charge in [-0.15, -0.1) is 0 Å². The summed E-state index contributed by atoms with van der Waals surface area (Å²) in [6, 6.07) is 0. The van der Waals surface area contributed by atoms with Crippen molar-refractivity contribution in [2.24, 2.45) is 17.6 Å². The molecule has 3 aliphatic rings. The Morgan fingerprint density at radius 2 is 1.71 bits per heavy atom. The van der Waals surface area contributed by atoms with E-state index in [1.807, 2.05) is 12.2 Å². The molecule has 0 unspecified atom stereocenters. The topological polar surface area (TPSA) is 72.6 Å². The Morgan fingerprint density at radius 1 is 1.12 bits per heavy atom. The van der Waals surface area contributed by atoms with Gasteiger partial charge in [-0.25, -0.2) is 0 Å². The molecule has 92 valence electrons. The van der Waals surface area contributed by atoms with Gasteiger partial charge < -0.3 is 10.5 Å². The first-order chi connectivity index (χ1) is 8.24. The van der Waals surface area contributed by atoms with Crippen LogP contribution in [0.25, 0.3) is 0 Å². The number of amides is 2. The van der Waals surface area contributed by atoms with Gasteiger partial charge in [-0.2, -0.15) is 0 Å². The van der Waals surface area contributed by atoms with Crippen LogP contribution in [-0.2, 0) is 14.3 Å². The van der Waals surface area contributed by atoms with Crippen LogP contribution >= 0.6 is 0 Å². The molecule has 0 aromatic carbocycles. The molecule has 0 spiro atoms. The van der Waals surface area contributed by atoms with Crippen molar-refractivity contribution >= 4 is 11.8 Å². The molecule has 0 aliphatic carbocycles. The minimum Gasteiger partial charge on any atom is -0.365 e. The Bertz CT molecular complexity index is 363. The molecule has 0 radical (unpaired) electrons. The largest absolute Gasteiger partial charge is 0.365 e. The number of nitrogens with two attached hydrogens (primary N) is 1. The zero-order chi connectivity index (χ0) is 12.0. The number of ether oxygens (including phenoxy) is 1. The number of unbranched alkanes of at least 4 members (excludes halogenated alkanes) is 1. The molecule has 0 aromatic rings. The summed E-state index contributed by atoms with van der Waals surface area (Å²) in [4.78, 5) is 25.7. The highest BCUT2D eigenvalue weighted by Gasteiger charge is 2.60. The number of imide groups is 1. The van der Waals surface area contributed by atoms with Gasteiger partial charge in [-0.05, 0) is 19.4 Å². The fourth-order valence-electron chi connectivity index (χ4n) is 3.00. The van der Waals surface area contributed by atoms with Gasteiger partial charge in [-0.3, -0.25) is 14.5 Å². The van der Waals surface area contributed by atoms with Crippen molar-refractivity contribution in [3.63, 3.8) is 0 Å². The number of hydrogen-bond donors (Lipinski definition) is 1. The number of hydrogen-bond acceptors (Lipinski definition) is 4. The smallest absolute Gasteiger partial charge is 0.236 e. The van der Waals surface area contributed by atoms with Crippen molar-refractivity contribution in [1.29, 1.82) is 0 Å². The lowest BCUT2D eigenvalue weighted by Gasteiger charge is -2.17. The van der Waals surface area contributed by atoms with Gasteiger partial charge in [0.25, 0.3) is 0 Å². The first-order valence-corrected chi connectivity index (χ1v) is 6.13. The molecule has 0 saturated carbocycles. The van der Waals surface area contributed by atoms with Crippen molar-refractivity contribution in [3.8, 4) is 0 Å². The summed E-state index contributed by atoms with van der Waals surface area (Å²) in [6.07, 6.45) is 5.08. The first kappa shape index (κ1) is 10.9. The van der Waals surface area contributed by atoms with Crippen LogP contribution in [0, 0.1) is 11.8 Å². The normalized spacial score (nSPS) is 38.3. The van der Waals surface area contributed by atoms with Crippen molar-refractivity contribution in [2.75, 3.05) is 13.1 Å². The predicted molar refractivity (Wildman–Crippen MR) is 59.8 cm³/mol.